The van der Waals surface area contributed by atoms with E-state index >= 15 is 0 Å². The van der Waals surface area contributed by atoms with Gasteiger partial charge in [0.1, 0.15) is 11.6 Å². The van der Waals surface area contributed by atoms with Crippen molar-refractivity contribution in [3.05, 3.63) is 91.4 Å². The Morgan fingerprint density at radius 1 is 1.06 bits per heavy atom. The van der Waals surface area contributed by atoms with E-state index in [4.69, 9.17) is 39.8 Å². The number of halogens is 4. The average Bonchev–Trinajstić information content (AvgIpc) is 2.74. The fourth-order valence-electron chi connectivity index (χ4n) is 3.41. The predicted molar refractivity (Wildman–Crippen MR) is 130 cm³/mol. The van der Waals surface area contributed by atoms with Gasteiger partial charge in [0.2, 0.25) is 0 Å². The van der Waals surface area contributed by atoms with E-state index < -0.39 is 5.82 Å². The summed E-state index contributed by atoms with van der Waals surface area (Å²) in [6.07, 6.45) is 0. The van der Waals surface area contributed by atoms with Crippen molar-refractivity contribution in [1.82, 2.24) is 14.9 Å². The molecule has 4 nitrogen and oxygen atoms in total. The molecule has 32 heavy (non-hydrogen) atoms. The molecule has 0 aliphatic rings. The van der Waals surface area contributed by atoms with Crippen molar-refractivity contribution in [1.29, 1.82) is 0 Å². The van der Waals surface area contributed by atoms with E-state index in [1.807, 2.05) is 26.0 Å². The molecule has 0 amide bonds. The molecular formula is C24H19Cl3FN3O. The fourth-order valence-corrected chi connectivity index (χ4v) is 3.97. The van der Waals surface area contributed by atoms with Crippen LogP contribution in [-0.4, -0.2) is 15.6 Å². The molecule has 0 saturated carbocycles. The number of hydrogen-bond acceptors (Lipinski definition) is 3. The largest absolute Gasteiger partial charge is 0.310 e. The molecule has 4 rings (SSSR count). The van der Waals surface area contributed by atoms with Crippen LogP contribution in [-0.2, 0) is 6.54 Å². The van der Waals surface area contributed by atoms with Gasteiger partial charge in [-0.3, -0.25) is 9.36 Å². The molecule has 0 bridgehead atoms. The van der Waals surface area contributed by atoms with Gasteiger partial charge in [-0.25, -0.2) is 9.37 Å². The number of rotatable bonds is 5. The van der Waals surface area contributed by atoms with Crippen LogP contribution in [0.1, 0.15) is 19.4 Å². The molecule has 0 aliphatic carbocycles. The highest BCUT2D eigenvalue weighted by Gasteiger charge is 2.19. The van der Waals surface area contributed by atoms with Gasteiger partial charge in [-0.05, 0) is 48.0 Å². The zero-order valence-electron chi connectivity index (χ0n) is 17.3. The smallest absolute Gasteiger partial charge is 0.266 e. The monoisotopic (exact) mass is 489 g/mol. The number of nitrogens with zero attached hydrogens (tertiary/aromatic N) is 2. The molecule has 8 heteroatoms. The Bertz CT molecular complexity index is 1390. The molecule has 0 fully saturated rings. The molecule has 0 aliphatic heterocycles. The first-order chi connectivity index (χ1) is 15.3. The zero-order chi connectivity index (χ0) is 23.0. The Balaban J connectivity index is 2.03. The Kier molecular flexibility index (Phi) is 6.54. The first-order valence-corrected chi connectivity index (χ1v) is 11.1. The number of hydrogen-bond donors (Lipinski definition) is 1. The summed E-state index contributed by atoms with van der Waals surface area (Å²) >= 11 is 18.8. The predicted octanol–water partition coefficient (Wildman–Crippen LogP) is 6.65. The van der Waals surface area contributed by atoms with Gasteiger partial charge in [0.05, 0.1) is 26.6 Å². The summed E-state index contributed by atoms with van der Waals surface area (Å²) < 4.78 is 15.6. The van der Waals surface area contributed by atoms with Crippen LogP contribution in [0, 0.1) is 5.82 Å². The molecule has 1 aromatic heterocycles. The Morgan fingerprint density at radius 2 is 1.84 bits per heavy atom. The van der Waals surface area contributed by atoms with E-state index in [0.717, 1.165) is 5.56 Å². The molecule has 164 valence electrons. The molecule has 1 N–H and O–H groups in total. The fraction of sp³-hybridized carbons (Fsp3) is 0.167. The average molecular weight is 491 g/mol. The number of nitrogens with one attached hydrogen (secondary N) is 1. The lowest BCUT2D eigenvalue weighted by molar-refractivity contribution is 0.589. The third kappa shape index (κ3) is 4.39. The van der Waals surface area contributed by atoms with Gasteiger partial charge in [-0.15, -0.1) is 0 Å². The van der Waals surface area contributed by atoms with Crippen molar-refractivity contribution < 1.29 is 4.39 Å². The molecule has 3 aromatic carbocycles. The van der Waals surface area contributed by atoms with E-state index in [-0.39, 0.29) is 28.1 Å². The second-order valence-corrected chi connectivity index (χ2v) is 8.87. The quantitative estimate of drug-likeness (QED) is 0.341. The summed E-state index contributed by atoms with van der Waals surface area (Å²) in [5.74, 6) is -0.359. The van der Waals surface area contributed by atoms with Crippen LogP contribution >= 0.6 is 34.8 Å². The van der Waals surface area contributed by atoms with Crippen molar-refractivity contribution in [3.63, 3.8) is 0 Å². The maximum Gasteiger partial charge on any atom is 0.266 e. The van der Waals surface area contributed by atoms with Gasteiger partial charge in [-0.2, -0.15) is 0 Å². The molecular weight excluding hydrogens is 472 g/mol. The Labute approximate surface area is 199 Å². The standard InChI is InChI=1S/C24H19Cl3FN3O/c1-13(2)29-12-14-4-3-5-18(22(14)27)23-30-21-10-15(25)6-8-17(21)24(32)31(23)16-7-9-19(26)20(28)11-16/h3-11,13,29H,12H2,1-2H3. The lowest BCUT2D eigenvalue weighted by Gasteiger charge is -2.17. The third-order valence-corrected chi connectivity index (χ3v) is 6.00. The third-order valence-electron chi connectivity index (χ3n) is 5.01. The highest BCUT2D eigenvalue weighted by molar-refractivity contribution is 6.34. The van der Waals surface area contributed by atoms with E-state index in [2.05, 4.69) is 5.32 Å². The van der Waals surface area contributed by atoms with Crippen molar-refractivity contribution in [2.24, 2.45) is 0 Å². The summed E-state index contributed by atoms with van der Waals surface area (Å²) in [5.41, 5.74) is 1.74. The SMILES string of the molecule is CC(C)NCc1cccc(-c2nc3cc(Cl)ccc3c(=O)n2-c2ccc(Cl)c(F)c2)c1Cl. The van der Waals surface area contributed by atoms with Crippen molar-refractivity contribution >= 4 is 45.7 Å². The molecule has 4 aromatic rings. The van der Waals surface area contributed by atoms with Gasteiger partial charge in [0.15, 0.2) is 0 Å². The van der Waals surface area contributed by atoms with Gasteiger partial charge in [0, 0.05) is 23.2 Å². The Morgan fingerprint density at radius 3 is 2.56 bits per heavy atom. The van der Waals surface area contributed by atoms with Crippen molar-refractivity contribution in [2.45, 2.75) is 26.4 Å². The highest BCUT2D eigenvalue weighted by atomic mass is 35.5. The lowest BCUT2D eigenvalue weighted by atomic mass is 10.1. The number of fused-ring (bicyclic) bond motifs is 1. The first kappa shape index (κ1) is 22.7. The summed E-state index contributed by atoms with van der Waals surface area (Å²) in [6.45, 7) is 4.63. The minimum atomic E-state index is -0.640. The minimum absolute atomic E-state index is 0.0383. The second-order valence-electron chi connectivity index (χ2n) is 7.65. The maximum absolute atomic E-state index is 14.3. The number of benzene rings is 3. The van der Waals surface area contributed by atoms with E-state index in [1.54, 1.807) is 30.3 Å². The topological polar surface area (TPSA) is 46.9 Å². The van der Waals surface area contributed by atoms with Crippen LogP contribution in [0.5, 0.6) is 0 Å². The lowest BCUT2D eigenvalue weighted by Crippen LogP contribution is -2.23. The van der Waals surface area contributed by atoms with E-state index in [0.29, 0.717) is 33.1 Å². The van der Waals surface area contributed by atoms with Crippen LogP contribution in [0.15, 0.2) is 59.4 Å². The van der Waals surface area contributed by atoms with Gasteiger partial charge < -0.3 is 5.32 Å². The van der Waals surface area contributed by atoms with Crippen molar-refractivity contribution in [3.8, 4) is 17.1 Å². The Hall–Kier alpha value is -2.44. The van der Waals surface area contributed by atoms with Crippen LogP contribution in [0.4, 0.5) is 4.39 Å². The maximum atomic E-state index is 14.3. The van der Waals surface area contributed by atoms with Gasteiger partial charge >= 0.3 is 0 Å². The zero-order valence-corrected chi connectivity index (χ0v) is 19.6. The number of aromatic nitrogens is 2. The molecule has 0 spiro atoms. The van der Waals surface area contributed by atoms with E-state index in [9.17, 15) is 9.18 Å². The van der Waals surface area contributed by atoms with Gasteiger partial charge in [-0.1, -0.05) is 60.8 Å². The minimum Gasteiger partial charge on any atom is -0.310 e. The van der Waals surface area contributed by atoms with E-state index in [1.165, 1.54) is 16.7 Å². The van der Waals surface area contributed by atoms with Crippen LogP contribution in [0.3, 0.4) is 0 Å². The van der Waals surface area contributed by atoms with Crippen molar-refractivity contribution in [2.75, 3.05) is 0 Å². The van der Waals surface area contributed by atoms with Crippen LogP contribution in [0.25, 0.3) is 28.0 Å². The summed E-state index contributed by atoms with van der Waals surface area (Å²) in [4.78, 5) is 18.2. The molecule has 0 radical (unpaired) electrons. The highest BCUT2D eigenvalue weighted by Crippen LogP contribution is 2.32. The van der Waals surface area contributed by atoms with Gasteiger partial charge in [0.25, 0.3) is 5.56 Å². The molecule has 0 atom stereocenters. The normalized spacial score (nSPS) is 11.5. The molecule has 1 heterocycles. The molecule has 0 saturated heterocycles. The summed E-state index contributed by atoms with van der Waals surface area (Å²) in [7, 11) is 0. The van der Waals surface area contributed by atoms with Crippen LogP contribution < -0.4 is 10.9 Å². The second kappa shape index (κ2) is 9.20. The van der Waals surface area contributed by atoms with Crippen LogP contribution in [0.2, 0.25) is 15.1 Å². The first-order valence-electron chi connectivity index (χ1n) is 9.95. The molecule has 0 unspecified atom stereocenters. The summed E-state index contributed by atoms with van der Waals surface area (Å²) in [6, 6.07) is 14.8. The summed E-state index contributed by atoms with van der Waals surface area (Å²) in [5, 5.41) is 4.55.